The van der Waals surface area contributed by atoms with Crippen molar-refractivity contribution in [2.45, 2.75) is 0 Å². The van der Waals surface area contributed by atoms with Crippen LogP contribution in [-0.4, -0.2) is 19.6 Å². The summed E-state index contributed by atoms with van der Waals surface area (Å²) in [5.41, 5.74) is 7.14. The van der Waals surface area contributed by atoms with E-state index in [0.717, 1.165) is 0 Å². The molecule has 0 aliphatic carbocycles. The predicted molar refractivity (Wildman–Crippen MR) is 82.7 cm³/mol. The van der Waals surface area contributed by atoms with Gasteiger partial charge in [0.1, 0.15) is 11.5 Å². The summed E-state index contributed by atoms with van der Waals surface area (Å²) in [5.74, 6) is 0.606. The number of anilines is 2. The summed E-state index contributed by atoms with van der Waals surface area (Å²) in [4.78, 5) is 11.9. The standard InChI is InChI=1S/C16H15N3O3/c1-21-15-6-5-12(18)8-14(15)19-16(20)10-22-13-4-2-3-11(7-13)9-17/h2-8H,10,18H2,1H3,(H,19,20). The SMILES string of the molecule is COc1ccc(N)cc1NC(=O)COc1cccc(C#N)c1. The highest BCUT2D eigenvalue weighted by molar-refractivity contribution is 5.93. The summed E-state index contributed by atoms with van der Waals surface area (Å²) >= 11 is 0. The van der Waals surface area contributed by atoms with Gasteiger partial charge in [-0.1, -0.05) is 6.07 Å². The third kappa shape index (κ3) is 3.90. The minimum Gasteiger partial charge on any atom is -0.495 e. The van der Waals surface area contributed by atoms with Gasteiger partial charge in [0.2, 0.25) is 0 Å². The molecule has 2 rings (SSSR count). The molecule has 0 saturated carbocycles. The topological polar surface area (TPSA) is 97.4 Å². The monoisotopic (exact) mass is 297 g/mol. The third-order valence-corrected chi connectivity index (χ3v) is 2.83. The lowest BCUT2D eigenvalue weighted by Crippen LogP contribution is -2.20. The second-order valence-electron chi connectivity index (χ2n) is 4.44. The zero-order valence-corrected chi connectivity index (χ0v) is 12.0. The quantitative estimate of drug-likeness (QED) is 0.824. The van der Waals surface area contributed by atoms with Gasteiger partial charge in [0, 0.05) is 5.69 Å². The highest BCUT2D eigenvalue weighted by atomic mass is 16.5. The van der Waals surface area contributed by atoms with Gasteiger partial charge in [-0.25, -0.2) is 0 Å². The molecule has 2 aromatic rings. The molecule has 0 aromatic heterocycles. The predicted octanol–water partition coefficient (Wildman–Crippen LogP) is 2.17. The van der Waals surface area contributed by atoms with E-state index < -0.39 is 0 Å². The first-order valence-electron chi connectivity index (χ1n) is 6.48. The Morgan fingerprint density at radius 3 is 2.86 bits per heavy atom. The second-order valence-corrected chi connectivity index (χ2v) is 4.44. The maximum absolute atomic E-state index is 11.9. The van der Waals surface area contributed by atoms with Crippen LogP contribution in [0.5, 0.6) is 11.5 Å². The number of hydrogen-bond acceptors (Lipinski definition) is 5. The number of nitrogens with zero attached hydrogens (tertiary/aromatic N) is 1. The summed E-state index contributed by atoms with van der Waals surface area (Å²) in [6, 6.07) is 13.5. The molecule has 6 nitrogen and oxygen atoms in total. The van der Waals surface area contributed by atoms with Gasteiger partial charge >= 0.3 is 0 Å². The molecule has 0 saturated heterocycles. The Kier molecular flexibility index (Phi) is 4.83. The maximum Gasteiger partial charge on any atom is 0.262 e. The average molecular weight is 297 g/mol. The Balaban J connectivity index is 1.99. The maximum atomic E-state index is 11.9. The van der Waals surface area contributed by atoms with E-state index in [1.807, 2.05) is 6.07 Å². The van der Waals surface area contributed by atoms with Gasteiger partial charge in [-0.05, 0) is 36.4 Å². The number of benzene rings is 2. The zero-order valence-electron chi connectivity index (χ0n) is 12.0. The van der Waals surface area contributed by atoms with Crippen molar-refractivity contribution in [1.29, 1.82) is 5.26 Å². The van der Waals surface area contributed by atoms with Crippen LogP contribution in [0.25, 0.3) is 0 Å². The molecule has 0 aliphatic rings. The van der Waals surface area contributed by atoms with Gasteiger partial charge in [0.15, 0.2) is 6.61 Å². The number of nitrogen functional groups attached to an aromatic ring is 1. The Hall–Kier alpha value is -3.20. The molecule has 112 valence electrons. The lowest BCUT2D eigenvalue weighted by atomic mass is 10.2. The molecule has 1 amide bonds. The van der Waals surface area contributed by atoms with Crippen molar-refractivity contribution in [1.82, 2.24) is 0 Å². The highest BCUT2D eigenvalue weighted by Gasteiger charge is 2.09. The van der Waals surface area contributed by atoms with Crippen LogP contribution in [-0.2, 0) is 4.79 Å². The average Bonchev–Trinajstić information content (AvgIpc) is 2.53. The van der Waals surface area contributed by atoms with Gasteiger partial charge < -0.3 is 20.5 Å². The Bertz CT molecular complexity index is 723. The number of hydrogen-bond donors (Lipinski definition) is 2. The number of carbonyl (C=O) groups is 1. The van der Waals surface area contributed by atoms with Crippen LogP contribution >= 0.6 is 0 Å². The van der Waals surface area contributed by atoms with E-state index in [-0.39, 0.29) is 12.5 Å². The van der Waals surface area contributed by atoms with Crippen LogP contribution in [0.15, 0.2) is 42.5 Å². The summed E-state index contributed by atoms with van der Waals surface area (Å²) in [7, 11) is 1.51. The Morgan fingerprint density at radius 1 is 1.32 bits per heavy atom. The van der Waals surface area contributed by atoms with Crippen LogP contribution in [0.1, 0.15) is 5.56 Å². The highest BCUT2D eigenvalue weighted by Crippen LogP contribution is 2.26. The van der Waals surface area contributed by atoms with Gasteiger partial charge in [-0.2, -0.15) is 5.26 Å². The molecule has 0 unspecified atom stereocenters. The number of methoxy groups -OCH3 is 1. The van der Waals surface area contributed by atoms with E-state index in [4.69, 9.17) is 20.5 Å². The molecule has 3 N–H and O–H groups in total. The van der Waals surface area contributed by atoms with Crippen LogP contribution in [0.3, 0.4) is 0 Å². The van der Waals surface area contributed by atoms with E-state index in [9.17, 15) is 4.79 Å². The lowest BCUT2D eigenvalue weighted by Gasteiger charge is -2.11. The largest absolute Gasteiger partial charge is 0.495 e. The number of amides is 1. The molecule has 0 heterocycles. The third-order valence-electron chi connectivity index (χ3n) is 2.83. The van der Waals surface area contributed by atoms with E-state index in [0.29, 0.717) is 28.4 Å². The molecule has 6 heteroatoms. The first-order valence-corrected chi connectivity index (χ1v) is 6.48. The normalized spacial score (nSPS) is 9.64. The first kappa shape index (κ1) is 15.2. The Morgan fingerprint density at radius 2 is 2.14 bits per heavy atom. The molecule has 22 heavy (non-hydrogen) atoms. The smallest absolute Gasteiger partial charge is 0.262 e. The van der Waals surface area contributed by atoms with Crippen molar-refractivity contribution in [3.05, 3.63) is 48.0 Å². The van der Waals surface area contributed by atoms with E-state index in [1.165, 1.54) is 7.11 Å². The number of ether oxygens (including phenoxy) is 2. The number of nitrogens with one attached hydrogen (secondary N) is 1. The van der Waals surface area contributed by atoms with Crippen molar-refractivity contribution in [2.24, 2.45) is 0 Å². The molecule has 0 bridgehead atoms. The van der Waals surface area contributed by atoms with Gasteiger partial charge in [0.05, 0.1) is 24.4 Å². The Labute approximate surface area is 128 Å². The fourth-order valence-electron chi connectivity index (χ4n) is 1.81. The van der Waals surface area contributed by atoms with E-state index in [1.54, 1.807) is 42.5 Å². The molecular formula is C16H15N3O3. The molecule has 0 fully saturated rings. The van der Waals surface area contributed by atoms with Crippen LogP contribution in [0, 0.1) is 11.3 Å². The molecule has 0 radical (unpaired) electrons. The van der Waals surface area contributed by atoms with Crippen LogP contribution < -0.4 is 20.5 Å². The minimum atomic E-state index is -0.355. The minimum absolute atomic E-state index is 0.188. The summed E-state index contributed by atoms with van der Waals surface area (Å²) in [5, 5.41) is 11.5. The van der Waals surface area contributed by atoms with Crippen LogP contribution in [0.2, 0.25) is 0 Å². The van der Waals surface area contributed by atoms with Gasteiger partial charge in [0.25, 0.3) is 5.91 Å². The number of nitriles is 1. The van der Waals surface area contributed by atoms with Crippen LogP contribution in [0.4, 0.5) is 11.4 Å². The van der Waals surface area contributed by atoms with Crippen molar-refractivity contribution in [3.63, 3.8) is 0 Å². The van der Waals surface area contributed by atoms with Crippen molar-refractivity contribution in [2.75, 3.05) is 24.8 Å². The zero-order chi connectivity index (χ0) is 15.9. The van der Waals surface area contributed by atoms with E-state index in [2.05, 4.69) is 5.32 Å². The van der Waals surface area contributed by atoms with Gasteiger partial charge in [-0.15, -0.1) is 0 Å². The van der Waals surface area contributed by atoms with E-state index >= 15 is 0 Å². The molecule has 0 atom stereocenters. The molecule has 0 spiro atoms. The summed E-state index contributed by atoms with van der Waals surface area (Å²) in [6.07, 6.45) is 0. The molecule has 0 aliphatic heterocycles. The number of rotatable bonds is 5. The fraction of sp³-hybridized carbons (Fsp3) is 0.125. The van der Waals surface area contributed by atoms with Crippen molar-refractivity contribution >= 4 is 17.3 Å². The number of carbonyl (C=O) groups excluding carboxylic acids is 1. The van der Waals surface area contributed by atoms with Gasteiger partial charge in [-0.3, -0.25) is 4.79 Å². The number of nitrogens with two attached hydrogens (primary N) is 1. The summed E-state index contributed by atoms with van der Waals surface area (Å²) in [6.45, 7) is -0.188. The first-order chi connectivity index (χ1) is 10.6. The fourth-order valence-corrected chi connectivity index (χ4v) is 1.81. The molecule has 2 aromatic carbocycles. The second kappa shape index (κ2) is 6.99. The summed E-state index contributed by atoms with van der Waals surface area (Å²) < 4.78 is 10.5. The molecular weight excluding hydrogens is 282 g/mol. The lowest BCUT2D eigenvalue weighted by molar-refractivity contribution is -0.118. The van der Waals surface area contributed by atoms with Crippen molar-refractivity contribution in [3.8, 4) is 17.6 Å². The van der Waals surface area contributed by atoms with Crippen molar-refractivity contribution < 1.29 is 14.3 Å².